The van der Waals surface area contributed by atoms with E-state index in [4.69, 9.17) is 11.6 Å². The molecule has 1 aromatic carbocycles. The number of alkyl halides is 1. The molecule has 0 bridgehead atoms. The topological polar surface area (TPSA) is 12.0 Å². The maximum atomic E-state index is 12.6. The van der Waals surface area contributed by atoms with Gasteiger partial charge in [0.2, 0.25) is 0 Å². The molecular weight excluding hydrogens is 184 g/mol. The summed E-state index contributed by atoms with van der Waals surface area (Å²) in [5, 5.41) is 2.82. The maximum Gasteiger partial charge on any atom is 0.160 e. The average Bonchev–Trinajstić information content (AvgIpc) is 2.07. The molecule has 0 saturated heterocycles. The number of benzene rings is 1. The summed E-state index contributed by atoms with van der Waals surface area (Å²) in [5.74, 6) is -1.26. The van der Waals surface area contributed by atoms with Crippen LogP contribution < -0.4 is 5.32 Å². The highest BCUT2D eigenvalue weighted by molar-refractivity contribution is 6.18. The van der Waals surface area contributed by atoms with Gasteiger partial charge in [0, 0.05) is 18.1 Å². The van der Waals surface area contributed by atoms with E-state index in [1.165, 1.54) is 6.07 Å². The molecule has 66 valence electrons. The second-order valence-corrected chi connectivity index (χ2v) is 2.62. The fourth-order valence-electron chi connectivity index (χ4n) is 0.798. The Morgan fingerprint density at radius 1 is 1.25 bits per heavy atom. The summed E-state index contributed by atoms with van der Waals surface area (Å²) in [7, 11) is 0. The molecule has 0 aliphatic rings. The van der Waals surface area contributed by atoms with Crippen molar-refractivity contribution in [1.82, 2.24) is 0 Å². The van der Waals surface area contributed by atoms with Gasteiger partial charge in [0.05, 0.1) is 0 Å². The van der Waals surface area contributed by atoms with Gasteiger partial charge in [0.1, 0.15) is 0 Å². The van der Waals surface area contributed by atoms with Gasteiger partial charge in [-0.2, -0.15) is 0 Å². The normalized spacial score (nSPS) is 9.92. The molecule has 1 rings (SSSR count). The van der Waals surface area contributed by atoms with E-state index in [1.54, 1.807) is 0 Å². The highest BCUT2D eigenvalue weighted by Gasteiger charge is 2.00. The molecule has 0 heterocycles. The molecule has 1 aromatic rings. The summed E-state index contributed by atoms with van der Waals surface area (Å²) in [6.07, 6.45) is 0. The van der Waals surface area contributed by atoms with Gasteiger partial charge in [-0.1, -0.05) is 0 Å². The van der Waals surface area contributed by atoms with Gasteiger partial charge in [0.15, 0.2) is 11.6 Å². The SMILES string of the molecule is Fc1ccc(NCCCl)cc1F. The number of anilines is 1. The maximum absolute atomic E-state index is 12.6. The van der Waals surface area contributed by atoms with Gasteiger partial charge >= 0.3 is 0 Å². The molecule has 1 N–H and O–H groups in total. The lowest BCUT2D eigenvalue weighted by molar-refractivity contribution is 0.509. The van der Waals surface area contributed by atoms with Crippen LogP contribution in [0.25, 0.3) is 0 Å². The first-order valence-electron chi connectivity index (χ1n) is 3.49. The Hall–Kier alpha value is -0.830. The third kappa shape index (κ3) is 2.34. The first kappa shape index (κ1) is 9.26. The largest absolute Gasteiger partial charge is 0.384 e. The molecule has 0 amide bonds. The summed E-state index contributed by atoms with van der Waals surface area (Å²) in [6, 6.07) is 3.64. The number of hydrogen-bond acceptors (Lipinski definition) is 1. The van der Waals surface area contributed by atoms with Gasteiger partial charge in [-0.25, -0.2) is 8.78 Å². The van der Waals surface area contributed by atoms with Crippen LogP contribution >= 0.6 is 11.6 Å². The van der Waals surface area contributed by atoms with Crippen molar-refractivity contribution in [2.75, 3.05) is 17.7 Å². The van der Waals surface area contributed by atoms with Gasteiger partial charge in [-0.3, -0.25) is 0 Å². The molecule has 0 aromatic heterocycles. The summed E-state index contributed by atoms with van der Waals surface area (Å²) in [5.41, 5.74) is 0.537. The molecule has 0 fully saturated rings. The van der Waals surface area contributed by atoms with Crippen LogP contribution in [-0.4, -0.2) is 12.4 Å². The van der Waals surface area contributed by atoms with E-state index in [0.717, 1.165) is 12.1 Å². The molecule has 0 atom stereocenters. The van der Waals surface area contributed by atoms with Crippen molar-refractivity contribution in [2.45, 2.75) is 0 Å². The van der Waals surface area contributed by atoms with E-state index >= 15 is 0 Å². The average molecular weight is 192 g/mol. The highest BCUT2D eigenvalue weighted by Crippen LogP contribution is 2.12. The molecule has 0 saturated carbocycles. The van der Waals surface area contributed by atoms with Crippen LogP contribution in [0.5, 0.6) is 0 Å². The third-order valence-corrected chi connectivity index (χ3v) is 1.53. The van der Waals surface area contributed by atoms with E-state index in [1.807, 2.05) is 0 Å². The zero-order valence-electron chi connectivity index (χ0n) is 6.28. The first-order chi connectivity index (χ1) is 5.74. The van der Waals surface area contributed by atoms with Crippen LogP contribution in [0.4, 0.5) is 14.5 Å². The Kier molecular flexibility index (Phi) is 3.29. The van der Waals surface area contributed by atoms with Gasteiger partial charge < -0.3 is 5.32 Å². The van der Waals surface area contributed by atoms with Gasteiger partial charge in [-0.05, 0) is 18.2 Å². The minimum absolute atomic E-state index is 0.430. The van der Waals surface area contributed by atoms with Crippen LogP contribution in [0.1, 0.15) is 0 Å². The molecule has 0 spiro atoms. The number of rotatable bonds is 3. The molecular formula is C8H8ClF2N. The summed E-state index contributed by atoms with van der Waals surface area (Å²) in [4.78, 5) is 0. The second kappa shape index (κ2) is 4.26. The Bertz CT molecular complexity index is 265. The van der Waals surface area contributed by atoms with Crippen LogP contribution in [-0.2, 0) is 0 Å². The Balaban J connectivity index is 2.69. The Morgan fingerprint density at radius 3 is 2.58 bits per heavy atom. The third-order valence-electron chi connectivity index (χ3n) is 1.34. The number of halogens is 3. The molecule has 0 aliphatic heterocycles. The summed E-state index contributed by atoms with van der Waals surface area (Å²) in [6.45, 7) is 0.534. The van der Waals surface area contributed by atoms with Crippen molar-refractivity contribution in [1.29, 1.82) is 0 Å². The second-order valence-electron chi connectivity index (χ2n) is 2.24. The predicted octanol–water partition coefficient (Wildman–Crippen LogP) is 2.62. The Morgan fingerprint density at radius 2 is 2.00 bits per heavy atom. The zero-order chi connectivity index (χ0) is 8.97. The van der Waals surface area contributed by atoms with Crippen molar-refractivity contribution in [3.8, 4) is 0 Å². The monoisotopic (exact) mass is 191 g/mol. The van der Waals surface area contributed by atoms with E-state index in [9.17, 15) is 8.78 Å². The quantitative estimate of drug-likeness (QED) is 0.725. The summed E-state index contributed by atoms with van der Waals surface area (Å²) < 4.78 is 25.0. The Labute approximate surface area is 74.3 Å². The molecule has 4 heteroatoms. The minimum Gasteiger partial charge on any atom is -0.384 e. The van der Waals surface area contributed by atoms with Crippen LogP contribution in [0.3, 0.4) is 0 Å². The van der Waals surface area contributed by atoms with Crippen LogP contribution in [0.15, 0.2) is 18.2 Å². The predicted molar refractivity (Wildman–Crippen MR) is 45.6 cm³/mol. The highest BCUT2D eigenvalue weighted by atomic mass is 35.5. The summed E-state index contributed by atoms with van der Waals surface area (Å²) >= 11 is 5.39. The molecule has 0 unspecified atom stereocenters. The van der Waals surface area contributed by atoms with Crippen LogP contribution in [0, 0.1) is 11.6 Å². The van der Waals surface area contributed by atoms with E-state index in [0.29, 0.717) is 18.1 Å². The van der Waals surface area contributed by atoms with Gasteiger partial charge in [0.25, 0.3) is 0 Å². The molecule has 1 nitrogen and oxygen atoms in total. The van der Waals surface area contributed by atoms with E-state index in [-0.39, 0.29) is 0 Å². The molecule has 0 aliphatic carbocycles. The number of nitrogens with one attached hydrogen (secondary N) is 1. The first-order valence-corrected chi connectivity index (χ1v) is 4.02. The zero-order valence-corrected chi connectivity index (χ0v) is 7.04. The lowest BCUT2D eigenvalue weighted by Crippen LogP contribution is -2.02. The fraction of sp³-hybridized carbons (Fsp3) is 0.250. The van der Waals surface area contributed by atoms with Crippen molar-refractivity contribution in [3.05, 3.63) is 29.8 Å². The number of hydrogen-bond donors (Lipinski definition) is 1. The molecule has 0 radical (unpaired) electrons. The van der Waals surface area contributed by atoms with Crippen molar-refractivity contribution in [3.63, 3.8) is 0 Å². The van der Waals surface area contributed by atoms with E-state index in [2.05, 4.69) is 5.32 Å². The van der Waals surface area contributed by atoms with Crippen LogP contribution in [0.2, 0.25) is 0 Å². The standard InChI is InChI=1S/C8H8ClF2N/c9-3-4-12-6-1-2-7(10)8(11)5-6/h1-2,5,12H,3-4H2. The fourth-order valence-corrected chi connectivity index (χ4v) is 0.892. The minimum atomic E-state index is -0.852. The lowest BCUT2D eigenvalue weighted by Gasteiger charge is -2.03. The van der Waals surface area contributed by atoms with E-state index < -0.39 is 11.6 Å². The smallest absolute Gasteiger partial charge is 0.160 e. The van der Waals surface area contributed by atoms with Crippen molar-refractivity contribution >= 4 is 17.3 Å². The van der Waals surface area contributed by atoms with Crippen molar-refractivity contribution in [2.24, 2.45) is 0 Å². The molecule has 12 heavy (non-hydrogen) atoms. The van der Waals surface area contributed by atoms with Crippen molar-refractivity contribution < 1.29 is 8.78 Å². The lowest BCUT2D eigenvalue weighted by atomic mass is 10.3. The van der Waals surface area contributed by atoms with Gasteiger partial charge in [-0.15, -0.1) is 11.6 Å².